The first-order chi connectivity index (χ1) is 10.5. The second-order valence-corrected chi connectivity index (χ2v) is 5.74. The zero-order valence-corrected chi connectivity index (χ0v) is 12.7. The van der Waals surface area contributed by atoms with Gasteiger partial charge in [-0.25, -0.2) is 4.79 Å². The van der Waals surface area contributed by atoms with Crippen molar-refractivity contribution in [3.8, 4) is 0 Å². The quantitative estimate of drug-likeness (QED) is 0.445. The van der Waals surface area contributed by atoms with E-state index in [0.717, 1.165) is 24.8 Å². The summed E-state index contributed by atoms with van der Waals surface area (Å²) in [6.45, 7) is 7.49. The minimum atomic E-state index is -0.292. The van der Waals surface area contributed by atoms with Crippen LogP contribution < -0.4 is 0 Å². The summed E-state index contributed by atoms with van der Waals surface area (Å²) in [7, 11) is 0. The number of nitrogens with one attached hydrogen (secondary N) is 1. The molecule has 1 saturated heterocycles. The molecule has 0 aromatic heterocycles. The third kappa shape index (κ3) is 4.13. The summed E-state index contributed by atoms with van der Waals surface area (Å²) >= 11 is 0. The van der Waals surface area contributed by atoms with Gasteiger partial charge in [-0.05, 0) is 36.5 Å². The highest BCUT2D eigenvalue weighted by Gasteiger charge is 2.26. The van der Waals surface area contributed by atoms with Crippen molar-refractivity contribution in [2.24, 2.45) is 0 Å². The maximum absolute atomic E-state index is 12.0. The molecule has 0 aromatic rings. The Morgan fingerprint density at radius 2 is 2.14 bits per heavy atom. The first-order valence-electron chi connectivity index (χ1n) is 7.53. The molecule has 1 heterocycles. The number of ketones is 1. The van der Waals surface area contributed by atoms with E-state index in [4.69, 9.17) is 10.1 Å². The zero-order chi connectivity index (χ0) is 16.1. The molecular formula is C18H21NO3. The van der Waals surface area contributed by atoms with Crippen LogP contribution in [0.25, 0.3) is 0 Å². The number of hydrogen-bond acceptors (Lipinski definition) is 4. The fourth-order valence-electron chi connectivity index (χ4n) is 2.59. The predicted molar refractivity (Wildman–Crippen MR) is 85.8 cm³/mol. The standard InChI is InChI=1S/C18H21NO3/c1-12-10-16(22-18(12)21)8-4-3-7-15(20)11-14-6-5-9-17(19)13(14)2/h5-6,9,16,19H,1-4,7-8,10-11H2. The molecule has 4 nitrogen and oxygen atoms in total. The van der Waals surface area contributed by atoms with Gasteiger partial charge in [0.05, 0.1) is 5.71 Å². The molecule has 1 atom stereocenters. The fraction of sp³-hybridized carbons (Fsp3) is 0.389. The van der Waals surface area contributed by atoms with Crippen LogP contribution in [0.5, 0.6) is 0 Å². The third-order valence-electron chi connectivity index (χ3n) is 3.93. The van der Waals surface area contributed by atoms with E-state index in [1.807, 2.05) is 6.08 Å². The minimum absolute atomic E-state index is 0.0680. The van der Waals surface area contributed by atoms with E-state index in [0.29, 0.717) is 36.1 Å². The summed E-state index contributed by atoms with van der Waals surface area (Å²) in [5, 5.41) is 7.68. The van der Waals surface area contributed by atoms with Gasteiger partial charge in [0, 0.05) is 24.8 Å². The summed E-state index contributed by atoms with van der Waals surface area (Å²) < 4.78 is 5.15. The maximum atomic E-state index is 12.0. The Morgan fingerprint density at radius 1 is 1.36 bits per heavy atom. The Morgan fingerprint density at radius 3 is 2.82 bits per heavy atom. The largest absolute Gasteiger partial charge is 0.459 e. The van der Waals surface area contributed by atoms with Crippen LogP contribution in [0.15, 0.2) is 48.1 Å². The number of unbranched alkanes of at least 4 members (excludes halogenated alkanes) is 1. The van der Waals surface area contributed by atoms with Gasteiger partial charge in [-0.1, -0.05) is 25.3 Å². The van der Waals surface area contributed by atoms with Gasteiger partial charge in [0.15, 0.2) is 0 Å². The Kier molecular flexibility index (Phi) is 5.26. The normalized spacial score (nSPS) is 21.1. The second kappa shape index (κ2) is 7.16. The van der Waals surface area contributed by atoms with Crippen LogP contribution in [0.1, 0.15) is 38.5 Å². The highest BCUT2D eigenvalue weighted by molar-refractivity contribution is 6.11. The smallest absolute Gasteiger partial charge is 0.333 e. The van der Waals surface area contributed by atoms with E-state index in [1.54, 1.807) is 12.2 Å². The molecule has 0 bridgehead atoms. The van der Waals surface area contributed by atoms with Crippen LogP contribution in [0.2, 0.25) is 0 Å². The van der Waals surface area contributed by atoms with Crippen LogP contribution >= 0.6 is 0 Å². The summed E-state index contributed by atoms with van der Waals surface area (Å²) in [6, 6.07) is 0. The topological polar surface area (TPSA) is 67.2 Å². The van der Waals surface area contributed by atoms with E-state index in [2.05, 4.69) is 13.2 Å². The summed E-state index contributed by atoms with van der Waals surface area (Å²) in [6.07, 6.45) is 9.09. The number of hydrogen-bond donors (Lipinski definition) is 1. The van der Waals surface area contributed by atoms with Crippen molar-refractivity contribution in [3.63, 3.8) is 0 Å². The molecule has 2 aliphatic rings. The van der Waals surface area contributed by atoms with Crippen molar-refractivity contribution in [2.75, 3.05) is 0 Å². The van der Waals surface area contributed by atoms with Gasteiger partial charge in [0.1, 0.15) is 11.9 Å². The number of allylic oxidation sites excluding steroid dienone is 5. The predicted octanol–water partition coefficient (Wildman–Crippen LogP) is 3.45. The van der Waals surface area contributed by atoms with Gasteiger partial charge < -0.3 is 10.1 Å². The van der Waals surface area contributed by atoms with Crippen LogP contribution in [0, 0.1) is 5.41 Å². The van der Waals surface area contributed by atoms with Gasteiger partial charge in [0.2, 0.25) is 0 Å². The van der Waals surface area contributed by atoms with Crippen LogP contribution in [-0.2, 0) is 14.3 Å². The molecule has 2 rings (SSSR count). The lowest BCUT2D eigenvalue weighted by Gasteiger charge is -2.12. The summed E-state index contributed by atoms with van der Waals surface area (Å²) in [4.78, 5) is 23.2. The average molecular weight is 299 g/mol. The van der Waals surface area contributed by atoms with E-state index in [1.165, 1.54) is 0 Å². The Balaban J connectivity index is 1.66. The molecular weight excluding hydrogens is 278 g/mol. The van der Waals surface area contributed by atoms with Gasteiger partial charge in [-0.3, -0.25) is 4.79 Å². The molecule has 0 aromatic carbocycles. The van der Waals surface area contributed by atoms with E-state index in [-0.39, 0.29) is 17.9 Å². The lowest BCUT2D eigenvalue weighted by Crippen LogP contribution is -2.09. The monoisotopic (exact) mass is 299 g/mol. The lowest BCUT2D eigenvalue weighted by molar-refractivity contribution is -0.139. The molecule has 0 amide bonds. The molecule has 0 saturated carbocycles. The Labute approximate surface area is 130 Å². The van der Waals surface area contributed by atoms with Crippen molar-refractivity contribution >= 4 is 17.5 Å². The first-order valence-corrected chi connectivity index (χ1v) is 7.53. The SMILES string of the molecule is C=C1CC(CCCCC(=O)CC2=CC=CC(=N)C2=C)OC1=O. The summed E-state index contributed by atoms with van der Waals surface area (Å²) in [5.74, 6) is -0.136. The van der Waals surface area contributed by atoms with Gasteiger partial charge >= 0.3 is 5.97 Å². The summed E-state index contributed by atoms with van der Waals surface area (Å²) in [5.41, 5.74) is 2.37. The van der Waals surface area contributed by atoms with E-state index in [9.17, 15) is 9.59 Å². The number of ether oxygens (including phenoxy) is 1. The van der Waals surface area contributed by atoms with Crippen LogP contribution in [0.3, 0.4) is 0 Å². The fourth-order valence-corrected chi connectivity index (χ4v) is 2.59. The Bertz CT molecular complexity index is 579. The van der Waals surface area contributed by atoms with Crippen molar-refractivity contribution in [1.29, 1.82) is 5.41 Å². The molecule has 116 valence electrons. The molecule has 1 N–H and O–H groups in total. The zero-order valence-electron chi connectivity index (χ0n) is 12.7. The molecule has 1 fully saturated rings. The molecule has 1 aliphatic heterocycles. The van der Waals surface area contributed by atoms with Crippen LogP contribution in [0.4, 0.5) is 0 Å². The lowest BCUT2D eigenvalue weighted by atomic mass is 9.92. The third-order valence-corrected chi connectivity index (χ3v) is 3.93. The van der Waals surface area contributed by atoms with Gasteiger partial charge in [-0.2, -0.15) is 0 Å². The molecule has 4 heteroatoms. The number of carbonyl (C=O) groups excluding carboxylic acids is 2. The van der Waals surface area contributed by atoms with E-state index < -0.39 is 0 Å². The van der Waals surface area contributed by atoms with Crippen LogP contribution in [-0.4, -0.2) is 23.6 Å². The second-order valence-electron chi connectivity index (χ2n) is 5.74. The molecule has 0 spiro atoms. The average Bonchev–Trinajstić information content (AvgIpc) is 2.79. The van der Waals surface area contributed by atoms with Crippen molar-refractivity contribution in [2.45, 2.75) is 44.6 Å². The molecule has 22 heavy (non-hydrogen) atoms. The molecule has 1 unspecified atom stereocenters. The Hall–Kier alpha value is -2.23. The van der Waals surface area contributed by atoms with Crippen molar-refractivity contribution in [3.05, 3.63) is 48.1 Å². The molecule has 0 radical (unpaired) electrons. The van der Waals surface area contributed by atoms with Crippen molar-refractivity contribution in [1.82, 2.24) is 0 Å². The number of esters is 1. The highest BCUT2D eigenvalue weighted by atomic mass is 16.5. The van der Waals surface area contributed by atoms with Gasteiger partial charge in [-0.15, -0.1) is 0 Å². The maximum Gasteiger partial charge on any atom is 0.333 e. The number of cyclic esters (lactones) is 1. The highest BCUT2D eigenvalue weighted by Crippen LogP contribution is 2.24. The first kappa shape index (κ1) is 16.1. The van der Waals surface area contributed by atoms with Crippen molar-refractivity contribution < 1.29 is 14.3 Å². The number of rotatable bonds is 7. The van der Waals surface area contributed by atoms with E-state index >= 15 is 0 Å². The number of Topliss-reactive ketones (excluding diaryl/α,β-unsaturated/α-hetero) is 1. The minimum Gasteiger partial charge on any atom is -0.459 e. The van der Waals surface area contributed by atoms with Gasteiger partial charge in [0.25, 0.3) is 0 Å². The number of carbonyl (C=O) groups is 2. The molecule has 1 aliphatic carbocycles.